The van der Waals surface area contributed by atoms with E-state index in [1.54, 1.807) is 0 Å². The van der Waals surface area contributed by atoms with Gasteiger partial charge in [0.1, 0.15) is 5.41 Å². The minimum absolute atomic E-state index is 0.262. The summed E-state index contributed by atoms with van der Waals surface area (Å²) in [4.78, 5) is 11.7. The van der Waals surface area contributed by atoms with Gasteiger partial charge in [-0.3, -0.25) is 4.79 Å². The predicted molar refractivity (Wildman–Crippen MR) is 68.6 cm³/mol. The Bertz CT molecular complexity index is 294. The fourth-order valence-electron chi connectivity index (χ4n) is 1.51. The van der Waals surface area contributed by atoms with Gasteiger partial charge in [-0.15, -0.1) is 0 Å². The number of rotatable bonds is 4. The lowest BCUT2D eigenvalue weighted by atomic mass is 9.89. The van der Waals surface area contributed by atoms with Crippen LogP contribution < -0.4 is 0 Å². The molecule has 94 valence electrons. The van der Waals surface area contributed by atoms with Gasteiger partial charge in [0.2, 0.25) is 8.32 Å². The summed E-state index contributed by atoms with van der Waals surface area (Å²) in [6.45, 7) is 13.9. The Kier molecular flexibility index (Phi) is 4.79. The Balaban J connectivity index is 5.26. The SMILES string of the molecule is COC(=O)C(C)(C)C(O[Si](C)(C)C)=C(C)C. The van der Waals surface area contributed by atoms with Gasteiger partial charge >= 0.3 is 5.97 Å². The Hall–Kier alpha value is -0.773. The van der Waals surface area contributed by atoms with Gasteiger partial charge in [-0.25, -0.2) is 0 Å². The van der Waals surface area contributed by atoms with Crippen LogP contribution in [-0.4, -0.2) is 21.4 Å². The molecule has 4 heteroatoms. The minimum Gasteiger partial charge on any atom is -0.546 e. The Morgan fingerprint density at radius 1 is 1.12 bits per heavy atom. The number of esters is 1. The van der Waals surface area contributed by atoms with Gasteiger partial charge in [0, 0.05) is 0 Å². The summed E-state index contributed by atoms with van der Waals surface area (Å²) in [5.74, 6) is 0.487. The van der Waals surface area contributed by atoms with Crippen molar-refractivity contribution in [2.45, 2.75) is 47.3 Å². The van der Waals surface area contributed by atoms with Crippen molar-refractivity contribution in [1.82, 2.24) is 0 Å². The van der Waals surface area contributed by atoms with Gasteiger partial charge < -0.3 is 9.16 Å². The molecular weight excluding hydrogens is 220 g/mol. The molecule has 0 aromatic rings. The smallest absolute Gasteiger partial charge is 0.318 e. The first-order valence-electron chi connectivity index (χ1n) is 5.47. The van der Waals surface area contributed by atoms with E-state index in [0.29, 0.717) is 0 Å². The van der Waals surface area contributed by atoms with E-state index in [-0.39, 0.29) is 5.97 Å². The molecule has 3 nitrogen and oxygen atoms in total. The van der Waals surface area contributed by atoms with Gasteiger partial charge in [0.05, 0.1) is 12.9 Å². The Morgan fingerprint density at radius 2 is 1.56 bits per heavy atom. The molecule has 0 fully saturated rings. The molecule has 0 aromatic heterocycles. The highest BCUT2D eigenvalue weighted by atomic mass is 28.4. The molecule has 0 bridgehead atoms. The average Bonchev–Trinajstić information content (AvgIpc) is 2.10. The van der Waals surface area contributed by atoms with Crippen LogP contribution in [0.4, 0.5) is 0 Å². The summed E-state index contributed by atoms with van der Waals surface area (Å²) >= 11 is 0. The first-order chi connectivity index (χ1) is 7.02. The topological polar surface area (TPSA) is 35.5 Å². The Labute approximate surface area is 100.0 Å². The third-order valence-electron chi connectivity index (χ3n) is 2.13. The van der Waals surface area contributed by atoms with Crippen LogP contribution in [0, 0.1) is 5.41 Å². The molecule has 0 aliphatic rings. The summed E-state index contributed by atoms with van der Waals surface area (Å²) in [6.07, 6.45) is 0. The van der Waals surface area contributed by atoms with Gasteiger partial charge in [0.15, 0.2) is 0 Å². The highest BCUT2D eigenvalue weighted by molar-refractivity contribution is 6.70. The second kappa shape index (κ2) is 5.04. The second-order valence-corrected chi connectivity index (χ2v) is 10.1. The minimum atomic E-state index is -1.72. The highest BCUT2D eigenvalue weighted by Gasteiger charge is 2.37. The molecule has 0 saturated carbocycles. The molecular formula is C12H24O3Si. The lowest BCUT2D eigenvalue weighted by molar-refractivity contribution is -0.149. The van der Waals surface area contributed by atoms with Crippen molar-refractivity contribution >= 4 is 14.3 Å². The fraction of sp³-hybridized carbons (Fsp3) is 0.750. The summed E-state index contributed by atoms with van der Waals surface area (Å²) in [5.41, 5.74) is 0.311. The zero-order valence-electron chi connectivity index (χ0n) is 11.7. The molecule has 0 atom stereocenters. The van der Waals surface area contributed by atoms with Crippen LogP contribution in [0.2, 0.25) is 19.6 Å². The summed E-state index contributed by atoms with van der Waals surface area (Å²) in [6, 6.07) is 0. The van der Waals surface area contributed by atoms with Crippen molar-refractivity contribution in [3.8, 4) is 0 Å². The first kappa shape index (κ1) is 15.2. The van der Waals surface area contributed by atoms with Crippen molar-refractivity contribution in [3.63, 3.8) is 0 Å². The maximum Gasteiger partial charge on any atom is 0.318 e. The van der Waals surface area contributed by atoms with Crippen molar-refractivity contribution in [2.75, 3.05) is 7.11 Å². The average molecular weight is 244 g/mol. The molecule has 0 saturated heterocycles. The first-order valence-corrected chi connectivity index (χ1v) is 8.88. The number of carbonyl (C=O) groups is 1. The van der Waals surface area contributed by atoms with Crippen LogP contribution in [0.5, 0.6) is 0 Å². The van der Waals surface area contributed by atoms with E-state index >= 15 is 0 Å². The van der Waals surface area contributed by atoms with Crippen LogP contribution >= 0.6 is 0 Å². The van der Waals surface area contributed by atoms with Crippen molar-refractivity contribution in [1.29, 1.82) is 0 Å². The molecule has 0 unspecified atom stereocenters. The largest absolute Gasteiger partial charge is 0.546 e. The number of allylic oxidation sites excluding steroid dienone is 1. The molecule has 0 aromatic carbocycles. The standard InChI is InChI=1S/C12H24O3Si/c1-9(2)10(15-16(6,7)8)12(3,4)11(13)14-5/h1-8H3. The van der Waals surface area contributed by atoms with E-state index in [2.05, 4.69) is 19.6 Å². The third-order valence-corrected chi connectivity index (χ3v) is 2.94. The number of hydrogen-bond acceptors (Lipinski definition) is 3. The van der Waals surface area contributed by atoms with Crippen LogP contribution in [0.3, 0.4) is 0 Å². The molecule has 0 rings (SSSR count). The zero-order chi connectivity index (χ0) is 13.1. The highest BCUT2D eigenvalue weighted by Crippen LogP contribution is 2.33. The zero-order valence-corrected chi connectivity index (χ0v) is 12.7. The maximum absolute atomic E-state index is 11.7. The number of hydrogen-bond donors (Lipinski definition) is 0. The predicted octanol–water partition coefficient (Wildman–Crippen LogP) is 3.33. The van der Waals surface area contributed by atoms with Gasteiger partial charge in [-0.1, -0.05) is 0 Å². The molecule has 0 heterocycles. The number of methoxy groups -OCH3 is 1. The second-order valence-electron chi connectivity index (χ2n) is 5.66. The summed E-state index contributed by atoms with van der Waals surface area (Å²) < 4.78 is 10.8. The summed E-state index contributed by atoms with van der Waals surface area (Å²) in [5, 5.41) is 0. The van der Waals surface area contributed by atoms with E-state index in [1.165, 1.54) is 7.11 Å². The van der Waals surface area contributed by atoms with Gasteiger partial charge in [0.25, 0.3) is 0 Å². The van der Waals surface area contributed by atoms with Crippen molar-refractivity contribution in [2.24, 2.45) is 5.41 Å². The van der Waals surface area contributed by atoms with E-state index in [4.69, 9.17) is 9.16 Å². The molecule has 0 radical (unpaired) electrons. The van der Waals surface area contributed by atoms with Crippen molar-refractivity contribution in [3.05, 3.63) is 11.3 Å². The molecule has 0 amide bonds. The van der Waals surface area contributed by atoms with Crippen LogP contribution in [0.25, 0.3) is 0 Å². The van der Waals surface area contributed by atoms with Gasteiger partial charge in [-0.2, -0.15) is 0 Å². The maximum atomic E-state index is 11.7. The van der Waals surface area contributed by atoms with E-state index in [9.17, 15) is 4.79 Å². The van der Waals surface area contributed by atoms with E-state index in [0.717, 1.165) is 11.3 Å². The van der Waals surface area contributed by atoms with Gasteiger partial charge in [-0.05, 0) is 52.9 Å². The van der Waals surface area contributed by atoms with Crippen LogP contribution in [-0.2, 0) is 14.0 Å². The lowest BCUT2D eigenvalue weighted by Gasteiger charge is -2.32. The monoisotopic (exact) mass is 244 g/mol. The number of ether oxygens (including phenoxy) is 1. The quantitative estimate of drug-likeness (QED) is 0.432. The molecule has 0 spiro atoms. The molecule has 0 N–H and O–H groups in total. The van der Waals surface area contributed by atoms with Crippen LogP contribution in [0.1, 0.15) is 27.7 Å². The molecule has 16 heavy (non-hydrogen) atoms. The third kappa shape index (κ3) is 4.00. The van der Waals surface area contributed by atoms with Crippen molar-refractivity contribution < 1.29 is 14.0 Å². The van der Waals surface area contributed by atoms with E-state index < -0.39 is 13.7 Å². The fourth-order valence-corrected chi connectivity index (χ4v) is 2.58. The Morgan fingerprint density at radius 3 is 1.81 bits per heavy atom. The normalized spacial score (nSPS) is 12.0. The lowest BCUT2D eigenvalue weighted by Crippen LogP contribution is -2.35. The number of carbonyl (C=O) groups excluding carboxylic acids is 1. The summed E-state index contributed by atoms with van der Waals surface area (Å²) in [7, 11) is -0.313. The van der Waals surface area contributed by atoms with Crippen LogP contribution in [0.15, 0.2) is 11.3 Å². The molecule has 0 aliphatic carbocycles. The molecule has 0 aliphatic heterocycles. The van der Waals surface area contributed by atoms with E-state index in [1.807, 2.05) is 27.7 Å².